The molecule has 3 unspecified atom stereocenters. The number of rotatable bonds is 3. The Balaban J connectivity index is 1.82. The molecule has 0 spiro atoms. The van der Waals surface area contributed by atoms with Crippen LogP contribution in [0.15, 0.2) is 18.2 Å². The molecule has 21 heavy (non-hydrogen) atoms. The van der Waals surface area contributed by atoms with Crippen LogP contribution in [0, 0.1) is 11.6 Å². The zero-order valence-corrected chi connectivity index (χ0v) is 11.9. The first kappa shape index (κ1) is 14.6. The average molecular weight is 295 g/mol. The fourth-order valence-corrected chi connectivity index (χ4v) is 3.87. The number of Topliss-reactive ketones (excluding diaryl/α,β-unsaturated/α-hetero) is 1. The Bertz CT molecular complexity index is 549. The minimum atomic E-state index is -0.809. The monoisotopic (exact) mass is 295 g/mol. The highest BCUT2D eigenvalue weighted by molar-refractivity contribution is 6.00. The maximum atomic E-state index is 13.8. The van der Waals surface area contributed by atoms with Crippen LogP contribution in [0.3, 0.4) is 0 Å². The van der Waals surface area contributed by atoms with Gasteiger partial charge in [0.25, 0.3) is 0 Å². The molecule has 2 bridgehead atoms. The van der Waals surface area contributed by atoms with Crippen LogP contribution in [0.2, 0.25) is 0 Å². The molecule has 1 aromatic carbocycles. The van der Waals surface area contributed by atoms with Crippen molar-refractivity contribution in [1.29, 1.82) is 0 Å². The molecule has 2 fully saturated rings. The van der Waals surface area contributed by atoms with E-state index in [2.05, 4.69) is 4.90 Å². The summed E-state index contributed by atoms with van der Waals surface area (Å²) in [5, 5.41) is 9.81. The second-order valence-corrected chi connectivity index (χ2v) is 6.12. The van der Waals surface area contributed by atoms with E-state index in [1.807, 2.05) is 0 Å². The number of hydrogen-bond acceptors (Lipinski definition) is 3. The molecule has 2 aliphatic rings. The predicted molar refractivity (Wildman–Crippen MR) is 74.0 cm³/mol. The zero-order valence-electron chi connectivity index (χ0n) is 11.9. The van der Waals surface area contributed by atoms with E-state index in [0.29, 0.717) is 12.8 Å². The number of aliphatic hydroxyl groups excluding tert-OH is 1. The third-order valence-electron chi connectivity index (χ3n) is 4.79. The van der Waals surface area contributed by atoms with Crippen LogP contribution in [0.4, 0.5) is 8.78 Å². The van der Waals surface area contributed by atoms with Gasteiger partial charge in [0.2, 0.25) is 0 Å². The number of carbonyl (C=O) groups is 1. The number of carbonyl (C=O) groups excluding carboxylic acids is 1. The van der Waals surface area contributed by atoms with Crippen LogP contribution in [0.25, 0.3) is 0 Å². The van der Waals surface area contributed by atoms with Gasteiger partial charge >= 0.3 is 0 Å². The maximum Gasteiger partial charge on any atom is 0.182 e. The number of benzene rings is 1. The van der Waals surface area contributed by atoms with Crippen molar-refractivity contribution in [3.63, 3.8) is 0 Å². The fraction of sp³-hybridized carbons (Fsp3) is 0.562. The number of piperidine rings is 1. The van der Waals surface area contributed by atoms with E-state index in [1.54, 1.807) is 6.92 Å². The summed E-state index contributed by atoms with van der Waals surface area (Å²) >= 11 is 0. The molecule has 2 saturated heterocycles. The van der Waals surface area contributed by atoms with Gasteiger partial charge in [0, 0.05) is 18.2 Å². The Morgan fingerprint density at radius 3 is 2.48 bits per heavy atom. The van der Waals surface area contributed by atoms with Gasteiger partial charge in [-0.25, -0.2) is 8.78 Å². The average Bonchev–Trinajstić information content (AvgIpc) is 2.69. The highest BCUT2D eigenvalue weighted by Gasteiger charge is 2.44. The second kappa shape index (κ2) is 5.46. The summed E-state index contributed by atoms with van der Waals surface area (Å²) in [4.78, 5) is 14.6. The molecule has 3 atom stereocenters. The molecule has 0 aromatic heterocycles. The predicted octanol–water partition coefficient (Wildman–Crippen LogP) is 2.52. The van der Waals surface area contributed by atoms with Gasteiger partial charge in [0.15, 0.2) is 5.78 Å². The van der Waals surface area contributed by atoms with Crippen molar-refractivity contribution in [3.8, 4) is 0 Å². The summed E-state index contributed by atoms with van der Waals surface area (Å²) in [5.41, 5.74) is -0.0607. The van der Waals surface area contributed by atoms with Crippen molar-refractivity contribution in [2.75, 3.05) is 0 Å². The van der Waals surface area contributed by atoms with Gasteiger partial charge in [0.05, 0.1) is 17.7 Å². The van der Waals surface area contributed by atoms with Gasteiger partial charge in [-0.15, -0.1) is 0 Å². The standard InChI is InChI=1S/C16H19F2NO2/c1-9(16(21)14-5-2-10(17)6-15(14)18)19-11-3-4-12(19)8-13(20)7-11/h2,5-6,9,11-13,20H,3-4,7-8H2,1H3. The highest BCUT2D eigenvalue weighted by atomic mass is 19.1. The summed E-state index contributed by atoms with van der Waals surface area (Å²) < 4.78 is 26.7. The lowest BCUT2D eigenvalue weighted by molar-refractivity contribution is 0.0154. The van der Waals surface area contributed by atoms with Crippen LogP contribution in [0.1, 0.15) is 43.0 Å². The van der Waals surface area contributed by atoms with Crippen molar-refractivity contribution >= 4 is 5.78 Å². The maximum absolute atomic E-state index is 13.8. The SMILES string of the molecule is CC(C(=O)c1ccc(F)cc1F)N1C2CCC1CC(O)C2. The van der Waals surface area contributed by atoms with Gasteiger partial charge in [-0.3, -0.25) is 9.69 Å². The smallest absolute Gasteiger partial charge is 0.182 e. The van der Waals surface area contributed by atoms with Crippen molar-refractivity contribution in [2.45, 2.75) is 56.8 Å². The van der Waals surface area contributed by atoms with Crippen molar-refractivity contribution < 1.29 is 18.7 Å². The Kier molecular flexibility index (Phi) is 3.80. The molecule has 3 rings (SSSR count). The summed E-state index contributed by atoms with van der Waals surface area (Å²) in [6.07, 6.45) is 2.96. The van der Waals surface area contributed by atoms with Crippen LogP contribution >= 0.6 is 0 Å². The van der Waals surface area contributed by atoms with Crippen molar-refractivity contribution in [1.82, 2.24) is 4.90 Å². The molecular weight excluding hydrogens is 276 g/mol. The summed E-state index contributed by atoms with van der Waals surface area (Å²) in [6, 6.07) is 2.98. The lowest BCUT2D eigenvalue weighted by atomic mass is 9.95. The molecule has 1 aromatic rings. The van der Waals surface area contributed by atoms with Crippen LogP contribution in [-0.2, 0) is 0 Å². The fourth-order valence-electron chi connectivity index (χ4n) is 3.87. The number of halogens is 2. The molecule has 1 N–H and O–H groups in total. The molecular formula is C16H19F2NO2. The first-order valence-electron chi connectivity index (χ1n) is 7.42. The van der Waals surface area contributed by atoms with E-state index < -0.39 is 17.7 Å². The van der Waals surface area contributed by atoms with Crippen molar-refractivity contribution in [3.05, 3.63) is 35.4 Å². The van der Waals surface area contributed by atoms with Gasteiger partial charge in [-0.1, -0.05) is 0 Å². The van der Waals surface area contributed by atoms with Gasteiger partial charge < -0.3 is 5.11 Å². The van der Waals surface area contributed by atoms with E-state index in [9.17, 15) is 18.7 Å². The molecule has 0 saturated carbocycles. The molecule has 0 radical (unpaired) electrons. The molecule has 114 valence electrons. The van der Waals surface area contributed by atoms with E-state index in [1.165, 1.54) is 6.07 Å². The highest BCUT2D eigenvalue weighted by Crippen LogP contribution is 2.37. The van der Waals surface area contributed by atoms with Crippen LogP contribution in [-0.4, -0.2) is 40.0 Å². The first-order valence-corrected chi connectivity index (χ1v) is 7.42. The summed E-state index contributed by atoms with van der Waals surface area (Å²) in [7, 11) is 0. The third-order valence-corrected chi connectivity index (χ3v) is 4.79. The number of ketones is 1. The van der Waals surface area contributed by atoms with E-state index in [4.69, 9.17) is 0 Å². The third kappa shape index (κ3) is 2.60. The Morgan fingerprint density at radius 1 is 1.29 bits per heavy atom. The summed E-state index contributed by atoms with van der Waals surface area (Å²) in [6.45, 7) is 1.77. The van der Waals surface area contributed by atoms with Crippen LogP contribution < -0.4 is 0 Å². The van der Waals surface area contributed by atoms with E-state index in [0.717, 1.165) is 25.0 Å². The van der Waals surface area contributed by atoms with Crippen LogP contribution in [0.5, 0.6) is 0 Å². The van der Waals surface area contributed by atoms with Gasteiger partial charge in [-0.2, -0.15) is 0 Å². The minimum Gasteiger partial charge on any atom is -0.393 e. The topological polar surface area (TPSA) is 40.5 Å². The number of fused-ring (bicyclic) bond motifs is 2. The van der Waals surface area contributed by atoms with Gasteiger partial charge in [0.1, 0.15) is 11.6 Å². The zero-order chi connectivity index (χ0) is 15.1. The molecule has 5 heteroatoms. The van der Waals surface area contributed by atoms with E-state index in [-0.39, 0.29) is 29.5 Å². The Labute approximate surface area is 122 Å². The quantitative estimate of drug-likeness (QED) is 0.871. The number of hydrogen-bond donors (Lipinski definition) is 1. The minimum absolute atomic E-state index is 0.0607. The van der Waals surface area contributed by atoms with E-state index >= 15 is 0 Å². The Hall–Kier alpha value is -1.33. The second-order valence-electron chi connectivity index (χ2n) is 6.12. The lowest BCUT2D eigenvalue weighted by Crippen LogP contribution is -2.51. The normalized spacial score (nSPS) is 30.4. The molecule has 0 aliphatic carbocycles. The summed E-state index contributed by atoms with van der Waals surface area (Å²) in [5.74, 6) is -1.81. The molecule has 2 heterocycles. The molecule has 3 nitrogen and oxygen atoms in total. The largest absolute Gasteiger partial charge is 0.393 e. The van der Waals surface area contributed by atoms with Gasteiger partial charge in [-0.05, 0) is 44.7 Å². The lowest BCUT2D eigenvalue weighted by Gasteiger charge is -2.40. The van der Waals surface area contributed by atoms with Crippen molar-refractivity contribution in [2.24, 2.45) is 0 Å². The number of aliphatic hydroxyl groups is 1. The Morgan fingerprint density at radius 2 is 1.90 bits per heavy atom. The first-order chi connectivity index (χ1) is 9.97. The number of nitrogens with zero attached hydrogens (tertiary/aromatic N) is 1. The molecule has 2 aliphatic heterocycles. The molecule has 0 amide bonds.